The summed E-state index contributed by atoms with van der Waals surface area (Å²) in [6, 6.07) is 37.8. The minimum absolute atomic E-state index is 0.216. The van der Waals surface area contributed by atoms with Crippen molar-refractivity contribution in [2.24, 2.45) is 0 Å². The van der Waals surface area contributed by atoms with Gasteiger partial charge in [0, 0.05) is 29.5 Å². The third-order valence-electron chi connectivity index (χ3n) is 7.72. The average molecular weight is 641 g/mol. The first-order valence-electron chi connectivity index (χ1n) is 15.2. The molecule has 8 nitrogen and oxygen atoms in total. The minimum Gasteiger partial charge on any atom is -0.321 e. The van der Waals surface area contributed by atoms with Crippen molar-refractivity contribution in [3.05, 3.63) is 132 Å². The Morgan fingerprint density at radius 1 is 0.652 bits per heavy atom. The molecule has 10 heteroatoms. The second-order valence-electron chi connectivity index (χ2n) is 11.3. The standard InChI is InChI=1S/C36H32N8S2/c1-24(2)34-37-31-32(36(46-23-27-13-7-4-8-14-27)41-40-35(31)45-22-26-11-5-3-6-12-26)44(34)21-25-17-19-28(20-18-25)29-15-9-10-16-30(29)33-38-42-43-39-33/h3-20,24H,21-23H2,1-2H3,(H,38,39,42,43). The number of nitrogens with one attached hydrogen (secondary N) is 1. The van der Waals surface area contributed by atoms with E-state index in [0.717, 1.165) is 55.1 Å². The molecule has 0 saturated carbocycles. The maximum Gasteiger partial charge on any atom is 0.180 e. The number of thioether (sulfide) groups is 2. The average Bonchev–Trinajstić information content (AvgIpc) is 3.78. The van der Waals surface area contributed by atoms with Gasteiger partial charge in [-0.2, -0.15) is 0 Å². The van der Waals surface area contributed by atoms with Gasteiger partial charge < -0.3 is 4.57 Å². The molecule has 0 bridgehead atoms. The van der Waals surface area contributed by atoms with Gasteiger partial charge in [-0.25, -0.2) is 10.1 Å². The zero-order valence-corrected chi connectivity index (χ0v) is 27.2. The topological polar surface area (TPSA) is 98.1 Å². The smallest absolute Gasteiger partial charge is 0.180 e. The number of hydrogen-bond donors (Lipinski definition) is 1. The Hall–Kier alpha value is -4.80. The summed E-state index contributed by atoms with van der Waals surface area (Å²) in [5.41, 5.74) is 8.76. The first-order valence-corrected chi connectivity index (χ1v) is 17.1. The van der Waals surface area contributed by atoms with E-state index in [1.54, 1.807) is 23.5 Å². The van der Waals surface area contributed by atoms with E-state index in [4.69, 9.17) is 15.2 Å². The van der Waals surface area contributed by atoms with E-state index < -0.39 is 0 Å². The Labute approximate surface area is 276 Å². The molecule has 0 saturated heterocycles. The van der Waals surface area contributed by atoms with Crippen molar-refractivity contribution < 1.29 is 0 Å². The monoisotopic (exact) mass is 640 g/mol. The molecule has 1 N–H and O–H groups in total. The summed E-state index contributed by atoms with van der Waals surface area (Å²) >= 11 is 3.40. The second-order valence-corrected chi connectivity index (χ2v) is 13.2. The maximum atomic E-state index is 5.25. The van der Waals surface area contributed by atoms with Crippen LogP contribution in [0.15, 0.2) is 119 Å². The summed E-state index contributed by atoms with van der Waals surface area (Å²) in [5, 5.41) is 25.8. The lowest BCUT2D eigenvalue weighted by atomic mass is 9.98. The van der Waals surface area contributed by atoms with E-state index in [1.165, 1.54) is 16.7 Å². The molecule has 3 heterocycles. The van der Waals surface area contributed by atoms with Crippen LogP contribution in [-0.2, 0) is 18.1 Å². The van der Waals surface area contributed by atoms with E-state index in [0.29, 0.717) is 12.4 Å². The predicted octanol–water partition coefficient (Wildman–Crippen LogP) is 8.43. The summed E-state index contributed by atoms with van der Waals surface area (Å²) in [7, 11) is 0. The molecule has 0 spiro atoms. The van der Waals surface area contributed by atoms with Crippen LogP contribution in [0.4, 0.5) is 0 Å². The van der Waals surface area contributed by atoms with Gasteiger partial charge in [0.05, 0.1) is 0 Å². The molecule has 0 atom stereocenters. The molecule has 7 aromatic rings. The molecule has 3 aromatic heterocycles. The third-order valence-corrected chi connectivity index (χ3v) is 9.77. The van der Waals surface area contributed by atoms with Crippen molar-refractivity contribution in [1.29, 1.82) is 0 Å². The summed E-state index contributed by atoms with van der Waals surface area (Å²) in [6.07, 6.45) is 0. The van der Waals surface area contributed by atoms with Crippen molar-refractivity contribution in [3.8, 4) is 22.5 Å². The fourth-order valence-corrected chi connectivity index (χ4v) is 7.27. The van der Waals surface area contributed by atoms with Crippen LogP contribution in [0.3, 0.4) is 0 Å². The van der Waals surface area contributed by atoms with E-state index in [-0.39, 0.29) is 5.92 Å². The normalized spacial score (nSPS) is 11.5. The van der Waals surface area contributed by atoms with E-state index in [1.807, 2.05) is 30.3 Å². The Morgan fingerprint density at radius 3 is 1.89 bits per heavy atom. The van der Waals surface area contributed by atoms with E-state index in [9.17, 15) is 0 Å². The van der Waals surface area contributed by atoms with Gasteiger partial charge in [0.2, 0.25) is 0 Å². The van der Waals surface area contributed by atoms with Gasteiger partial charge in [0.15, 0.2) is 5.82 Å². The lowest BCUT2D eigenvalue weighted by Crippen LogP contribution is -2.08. The van der Waals surface area contributed by atoms with Crippen molar-refractivity contribution in [3.63, 3.8) is 0 Å². The van der Waals surface area contributed by atoms with Crippen LogP contribution in [-0.4, -0.2) is 40.4 Å². The van der Waals surface area contributed by atoms with Crippen molar-refractivity contribution in [1.82, 2.24) is 40.4 Å². The lowest BCUT2D eigenvalue weighted by molar-refractivity contribution is 0.679. The molecule has 0 aliphatic heterocycles. The molecule has 7 rings (SSSR count). The first kappa shape index (κ1) is 29.9. The van der Waals surface area contributed by atoms with Crippen LogP contribution < -0.4 is 0 Å². The van der Waals surface area contributed by atoms with Crippen LogP contribution in [0.1, 0.15) is 42.3 Å². The first-order chi connectivity index (χ1) is 22.6. The highest BCUT2D eigenvalue weighted by Crippen LogP contribution is 2.37. The molecule has 0 unspecified atom stereocenters. The van der Waals surface area contributed by atoms with E-state index >= 15 is 0 Å². The van der Waals surface area contributed by atoms with Crippen LogP contribution >= 0.6 is 23.5 Å². The summed E-state index contributed by atoms with van der Waals surface area (Å²) in [6.45, 7) is 5.07. The second kappa shape index (κ2) is 13.7. The molecule has 0 radical (unpaired) electrons. The number of tetrazole rings is 1. The van der Waals surface area contributed by atoms with Gasteiger partial charge in [-0.05, 0) is 38.2 Å². The van der Waals surface area contributed by atoms with Gasteiger partial charge in [0.25, 0.3) is 0 Å². The number of benzene rings is 4. The molecule has 0 amide bonds. The van der Waals surface area contributed by atoms with Crippen molar-refractivity contribution >= 4 is 34.6 Å². The quantitative estimate of drug-likeness (QED) is 0.141. The fraction of sp³-hybridized carbons (Fsp3) is 0.167. The SMILES string of the molecule is CC(C)c1nc2c(SCc3ccccc3)nnc(SCc3ccccc3)c2n1Cc1ccc(-c2ccccc2-c2nnn[nH]2)cc1. The molecular weight excluding hydrogens is 609 g/mol. The Morgan fingerprint density at radius 2 is 1.26 bits per heavy atom. The number of fused-ring (bicyclic) bond motifs is 1. The van der Waals surface area contributed by atoms with Gasteiger partial charge in [-0.15, -0.1) is 15.3 Å². The number of nitrogens with zero attached hydrogens (tertiary/aromatic N) is 7. The summed E-state index contributed by atoms with van der Waals surface area (Å²) < 4.78 is 2.34. The molecule has 0 fully saturated rings. The van der Waals surface area contributed by atoms with Gasteiger partial charge >= 0.3 is 0 Å². The fourth-order valence-electron chi connectivity index (χ4n) is 5.46. The van der Waals surface area contributed by atoms with Crippen LogP contribution in [0.25, 0.3) is 33.5 Å². The van der Waals surface area contributed by atoms with E-state index in [2.05, 4.69) is 118 Å². The van der Waals surface area contributed by atoms with Crippen molar-refractivity contribution in [2.75, 3.05) is 0 Å². The largest absolute Gasteiger partial charge is 0.321 e. The van der Waals surface area contributed by atoms with Crippen LogP contribution in [0.5, 0.6) is 0 Å². The van der Waals surface area contributed by atoms with Gasteiger partial charge in [0.1, 0.15) is 26.9 Å². The lowest BCUT2D eigenvalue weighted by Gasteiger charge is -2.14. The maximum absolute atomic E-state index is 5.25. The molecule has 228 valence electrons. The van der Waals surface area contributed by atoms with Crippen LogP contribution in [0.2, 0.25) is 0 Å². The summed E-state index contributed by atoms with van der Waals surface area (Å²) in [4.78, 5) is 5.25. The number of aromatic amines is 1. The van der Waals surface area contributed by atoms with Crippen molar-refractivity contribution in [2.45, 2.75) is 47.9 Å². The molecule has 46 heavy (non-hydrogen) atoms. The Balaban J connectivity index is 1.26. The number of imidazole rings is 1. The van der Waals surface area contributed by atoms with Gasteiger partial charge in [-0.3, -0.25) is 0 Å². The zero-order chi connectivity index (χ0) is 31.3. The predicted molar refractivity (Wildman–Crippen MR) is 186 cm³/mol. The minimum atomic E-state index is 0.216. The molecular formula is C36H32N8S2. The highest BCUT2D eigenvalue weighted by molar-refractivity contribution is 7.99. The Bertz CT molecular complexity index is 2040. The number of rotatable bonds is 11. The number of hydrogen-bond acceptors (Lipinski definition) is 8. The Kier molecular flexibility index (Phi) is 8.89. The highest BCUT2D eigenvalue weighted by Gasteiger charge is 2.22. The van der Waals surface area contributed by atoms with Crippen LogP contribution in [0, 0.1) is 0 Å². The zero-order valence-electron chi connectivity index (χ0n) is 25.5. The molecule has 0 aliphatic carbocycles. The highest BCUT2D eigenvalue weighted by atomic mass is 32.2. The molecule has 0 aliphatic rings. The number of aromatic nitrogens is 8. The molecule has 4 aromatic carbocycles. The summed E-state index contributed by atoms with van der Waals surface area (Å²) in [5.74, 6) is 3.50. The number of H-pyrrole nitrogens is 1. The third kappa shape index (κ3) is 6.45. The van der Waals surface area contributed by atoms with Gasteiger partial charge in [-0.1, -0.05) is 147 Å².